The highest BCUT2D eigenvalue weighted by Crippen LogP contribution is 2.33. The number of methoxy groups -OCH3 is 1. The van der Waals surface area contributed by atoms with E-state index in [0.29, 0.717) is 50.6 Å². The van der Waals surface area contributed by atoms with E-state index in [4.69, 9.17) is 23.7 Å². The van der Waals surface area contributed by atoms with Crippen LogP contribution in [-0.4, -0.2) is 75.2 Å². The predicted octanol–water partition coefficient (Wildman–Crippen LogP) is 4.58. The van der Waals surface area contributed by atoms with E-state index in [-0.39, 0.29) is 31.3 Å². The molecular weight excluding hydrogens is 572 g/mol. The third-order valence-electron chi connectivity index (χ3n) is 7.86. The van der Waals surface area contributed by atoms with Crippen LogP contribution >= 0.6 is 0 Å². The fraction of sp³-hybridized carbons (Fsp3) is 0.361. The number of ether oxygens (including phenoxy) is 5. The molecule has 0 amide bonds. The summed E-state index contributed by atoms with van der Waals surface area (Å²) in [6, 6.07) is 29.5. The van der Waals surface area contributed by atoms with Crippen molar-refractivity contribution in [2.24, 2.45) is 0 Å². The van der Waals surface area contributed by atoms with Gasteiger partial charge in [-0.25, -0.2) is 0 Å². The Morgan fingerprint density at radius 2 is 1.62 bits per heavy atom. The molecule has 4 atom stereocenters. The summed E-state index contributed by atoms with van der Waals surface area (Å²) < 4.78 is 30.0. The van der Waals surface area contributed by atoms with E-state index >= 15 is 0 Å². The molecule has 3 N–H and O–H groups in total. The van der Waals surface area contributed by atoms with Crippen molar-refractivity contribution in [2.45, 2.75) is 37.3 Å². The lowest BCUT2D eigenvalue weighted by Gasteiger charge is -2.39. The minimum atomic E-state index is -0.954. The van der Waals surface area contributed by atoms with Crippen LogP contribution in [-0.2, 0) is 16.1 Å². The van der Waals surface area contributed by atoms with Crippen molar-refractivity contribution < 1.29 is 33.9 Å². The standard InChI is InChI=1S/C36H40N2O7/c1-41-33-18-25(17-27-7-2-4-9-31(27)33)23-44-34-20-38-21-35(45-24-29(40)22-39)36(34)26-11-13-30(14-12-26)42-15-6-16-43-32-10-5-3-8-28(32)19-37/h2-5,7-14,17-18,29,34-36,38-40H,6,15-16,20-24H2,1H3/t29?,34-,35+,36+/m0/s1. The number of hydrogen-bond donors (Lipinski definition) is 3. The van der Waals surface area contributed by atoms with Gasteiger partial charge in [0.15, 0.2) is 0 Å². The molecule has 0 bridgehead atoms. The largest absolute Gasteiger partial charge is 0.496 e. The second kappa shape index (κ2) is 16.2. The molecule has 1 aliphatic rings. The van der Waals surface area contributed by atoms with Gasteiger partial charge in [0.2, 0.25) is 0 Å². The summed E-state index contributed by atoms with van der Waals surface area (Å²) in [6.07, 6.45) is -0.789. The first kappa shape index (κ1) is 32.2. The maximum Gasteiger partial charge on any atom is 0.137 e. The molecule has 0 radical (unpaired) electrons. The fourth-order valence-corrected chi connectivity index (χ4v) is 5.60. The number of nitrogens with zero attached hydrogens (tertiary/aromatic N) is 1. The number of aliphatic hydroxyl groups excluding tert-OH is 2. The van der Waals surface area contributed by atoms with Crippen LogP contribution in [0.3, 0.4) is 0 Å². The van der Waals surface area contributed by atoms with Gasteiger partial charge in [-0.3, -0.25) is 0 Å². The number of nitriles is 1. The number of fused-ring (bicyclic) bond motifs is 1. The molecule has 1 fully saturated rings. The van der Waals surface area contributed by atoms with Gasteiger partial charge >= 0.3 is 0 Å². The molecule has 0 saturated carbocycles. The van der Waals surface area contributed by atoms with Gasteiger partial charge in [0.05, 0.1) is 57.9 Å². The van der Waals surface area contributed by atoms with Gasteiger partial charge in [0.25, 0.3) is 0 Å². The van der Waals surface area contributed by atoms with Crippen LogP contribution in [0.25, 0.3) is 10.8 Å². The Morgan fingerprint density at radius 3 is 2.40 bits per heavy atom. The maximum atomic E-state index is 9.97. The molecule has 0 aromatic heterocycles. The van der Waals surface area contributed by atoms with Gasteiger partial charge in [-0.15, -0.1) is 0 Å². The lowest BCUT2D eigenvalue weighted by Crippen LogP contribution is -2.51. The molecule has 1 aliphatic heterocycles. The van der Waals surface area contributed by atoms with Gasteiger partial charge < -0.3 is 39.2 Å². The van der Waals surface area contributed by atoms with Gasteiger partial charge in [0.1, 0.15) is 29.4 Å². The normalized spacial score (nSPS) is 18.7. The van der Waals surface area contributed by atoms with Gasteiger partial charge in [-0.1, -0.05) is 48.5 Å². The summed E-state index contributed by atoms with van der Waals surface area (Å²) in [5, 5.41) is 34.1. The first-order valence-corrected chi connectivity index (χ1v) is 15.2. The second-order valence-electron chi connectivity index (χ2n) is 11.0. The Hall–Kier alpha value is -4.17. The maximum absolute atomic E-state index is 9.97. The molecule has 1 saturated heterocycles. The molecule has 5 rings (SSSR count). The lowest BCUT2D eigenvalue weighted by atomic mass is 9.85. The predicted molar refractivity (Wildman–Crippen MR) is 171 cm³/mol. The van der Waals surface area contributed by atoms with Crippen LogP contribution in [0.2, 0.25) is 0 Å². The number of nitrogens with one attached hydrogen (secondary N) is 1. The summed E-state index contributed by atoms with van der Waals surface area (Å²) in [5.41, 5.74) is 2.55. The number of benzene rings is 4. The Labute approximate surface area is 263 Å². The van der Waals surface area contributed by atoms with E-state index < -0.39 is 6.10 Å². The van der Waals surface area contributed by atoms with E-state index in [1.54, 1.807) is 19.2 Å². The summed E-state index contributed by atoms with van der Waals surface area (Å²) in [7, 11) is 1.67. The van der Waals surface area contributed by atoms with Crippen molar-refractivity contribution in [1.82, 2.24) is 5.32 Å². The van der Waals surface area contributed by atoms with Crippen LogP contribution in [0, 0.1) is 11.3 Å². The zero-order valence-corrected chi connectivity index (χ0v) is 25.4. The SMILES string of the molecule is COc1cc(CO[C@H]2CNC[C@@H](OCC(O)CO)[C@@H]2c2ccc(OCCCOc3ccccc3C#N)cc2)cc2ccccc12. The number of rotatable bonds is 15. The average molecular weight is 613 g/mol. The van der Waals surface area contributed by atoms with Crippen LogP contribution < -0.4 is 19.5 Å². The Bertz CT molecular complexity index is 1560. The highest BCUT2D eigenvalue weighted by Gasteiger charge is 2.36. The molecule has 9 heteroatoms. The van der Waals surface area contributed by atoms with E-state index in [9.17, 15) is 15.5 Å². The summed E-state index contributed by atoms with van der Waals surface area (Å²) in [6.45, 7) is 2.16. The molecule has 45 heavy (non-hydrogen) atoms. The van der Waals surface area contributed by atoms with Crippen molar-refractivity contribution in [2.75, 3.05) is 46.6 Å². The fourth-order valence-electron chi connectivity index (χ4n) is 5.60. The van der Waals surface area contributed by atoms with Gasteiger partial charge in [0, 0.05) is 30.8 Å². The lowest BCUT2D eigenvalue weighted by molar-refractivity contribution is -0.0833. The first-order valence-electron chi connectivity index (χ1n) is 15.2. The van der Waals surface area contributed by atoms with Crippen LogP contribution in [0.15, 0.2) is 84.9 Å². The third kappa shape index (κ3) is 8.51. The van der Waals surface area contributed by atoms with Gasteiger partial charge in [-0.05, 0) is 52.9 Å². The summed E-state index contributed by atoms with van der Waals surface area (Å²) in [4.78, 5) is 0. The first-order chi connectivity index (χ1) is 22.1. The number of piperidine rings is 1. The molecular formula is C36H40N2O7. The van der Waals surface area contributed by atoms with Crippen molar-refractivity contribution >= 4 is 10.8 Å². The zero-order valence-electron chi connectivity index (χ0n) is 25.4. The van der Waals surface area contributed by atoms with Crippen molar-refractivity contribution in [3.63, 3.8) is 0 Å². The monoisotopic (exact) mass is 612 g/mol. The van der Waals surface area contributed by atoms with Crippen LogP contribution in [0.5, 0.6) is 17.2 Å². The highest BCUT2D eigenvalue weighted by molar-refractivity contribution is 5.89. The van der Waals surface area contributed by atoms with Crippen molar-refractivity contribution in [3.05, 3.63) is 102 Å². The van der Waals surface area contributed by atoms with Crippen molar-refractivity contribution in [1.29, 1.82) is 5.26 Å². The highest BCUT2D eigenvalue weighted by atomic mass is 16.5. The van der Waals surface area contributed by atoms with Crippen molar-refractivity contribution in [3.8, 4) is 23.3 Å². The molecule has 4 aromatic carbocycles. The van der Waals surface area contributed by atoms with E-state index in [1.807, 2.05) is 60.7 Å². The van der Waals surface area contributed by atoms with E-state index in [1.165, 1.54) is 0 Å². The van der Waals surface area contributed by atoms with Gasteiger partial charge in [-0.2, -0.15) is 5.26 Å². The molecule has 1 heterocycles. The topological polar surface area (TPSA) is 122 Å². The quantitative estimate of drug-likeness (QED) is 0.166. The van der Waals surface area contributed by atoms with Crippen LogP contribution in [0.4, 0.5) is 0 Å². The molecule has 0 aliphatic carbocycles. The van der Waals surface area contributed by atoms with E-state index in [0.717, 1.165) is 33.4 Å². The number of para-hydroxylation sites is 1. The third-order valence-corrected chi connectivity index (χ3v) is 7.86. The molecule has 0 spiro atoms. The Morgan fingerprint density at radius 1 is 0.889 bits per heavy atom. The number of hydrogen-bond acceptors (Lipinski definition) is 9. The van der Waals surface area contributed by atoms with E-state index in [2.05, 4.69) is 23.5 Å². The molecule has 4 aromatic rings. The molecule has 1 unspecified atom stereocenters. The number of aliphatic hydroxyl groups is 2. The second-order valence-corrected chi connectivity index (χ2v) is 11.0. The average Bonchev–Trinajstić information content (AvgIpc) is 3.09. The summed E-state index contributed by atoms with van der Waals surface area (Å²) in [5.74, 6) is 1.99. The molecule has 236 valence electrons. The molecule has 9 nitrogen and oxygen atoms in total. The minimum Gasteiger partial charge on any atom is -0.496 e. The Balaban J connectivity index is 1.24. The minimum absolute atomic E-state index is 0.0239. The van der Waals surface area contributed by atoms with Crippen LogP contribution in [0.1, 0.15) is 29.0 Å². The zero-order chi connectivity index (χ0) is 31.4. The summed E-state index contributed by atoms with van der Waals surface area (Å²) >= 11 is 0. The Kier molecular flexibility index (Phi) is 11.6. The smallest absolute Gasteiger partial charge is 0.137 e.